The van der Waals surface area contributed by atoms with Crippen LogP contribution < -0.4 is 0 Å². The first-order valence-corrected chi connectivity index (χ1v) is 6.46. The quantitative estimate of drug-likeness (QED) is 0.776. The van der Waals surface area contributed by atoms with Gasteiger partial charge in [0.25, 0.3) is 0 Å². The number of nitrogens with zero attached hydrogens (tertiary/aromatic N) is 2. The van der Waals surface area contributed by atoms with E-state index < -0.39 is 11.9 Å². The number of aromatic nitrogens is 2. The highest BCUT2D eigenvalue weighted by Crippen LogP contribution is 2.15. The fourth-order valence-electron chi connectivity index (χ4n) is 1.93. The van der Waals surface area contributed by atoms with E-state index in [2.05, 4.69) is 4.98 Å². The van der Waals surface area contributed by atoms with Crippen LogP contribution in [0.5, 0.6) is 0 Å². The van der Waals surface area contributed by atoms with Crippen LogP contribution in [0.3, 0.4) is 0 Å². The summed E-state index contributed by atoms with van der Waals surface area (Å²) in [5.41, 5.74) is 1.23. The van der Waals surface area contributed by atoms with Crippen LogP contribution in [0.2, 0.25) is 0 Å². The second kappa shape index (κ2) is 6.18. The number of hydrogen-bond acceptors (Lipinski definition) is 5. The summed E-state index contributed by atoms with van der Waals surface area (Å²) >= 11 is 0. The van der Waals surface area contributed by atoms with Crippen molar-refractivity contribution in [3.8, 4) is 0 Å². The van der Waals surface area contributed by atoms with Crippen LogP contribution >= 0.6 is 0 Å². The molecule has 0 N–H and O–H groups in total. The van der Waals surface area contributed by atoms with E-state index in [-0.39, 0.29) is 18.7 Å². The number of carbonyl (C=O) groups excluding carboxylic acids is 2. The Morgan fingerprint density at radius 3 is 2.65 bits per heavy atom. The second-order valence-corrected chi connectivity index (χ2v) is 4.04. The van der Waals surface area contributed by atoms with Gasteiger partial charge in [-0.15, -0.1) is 0 Å². The normalized spacial score (nSPS) is 10.5. The van der Waals surface area contributed by atoms with Gasteiger partial charge in [0.05, 0.1) is 25.3 Å². The van der Waals surface area contributed by atoms with Crippen LogP contribution in [0.25, 0.3) is 5.65 Å². The summed E-state index contributed by atoms with van der Waals surface area (Å²) in [6, 6.07) is 5.38. The Kier molecular flexibility index (Phi) is 4.34. The summed E-state index contributed by atoms with van der Waals surface area (Å²) in [6.07, 6.45) is 1.73. The molecule has 6 heteroatoms. The maximum absolute atomic E-state index is 11.9. The van der Waals surface area contributed by atoms with Crippen molar-refractivity contribution in [1.29, 1.82) is 0 Å². The fraction of sp³-hybridized carbons (Fsp3) is 0.357. The molecule has 0 bridgehead atoms. The van der Waals surface area contributed by atoms with Crippen LogP contribution in [0.15, 0.2) is 24.4 Å². The molecule has 0 atom stereocenters. The van der Waals surface area contributed by atoms with Gasteiger partial charge in [-0.2, -0.15) is 0 Å². The standard InChI is InChI=1S/C14H16N2O4/c1-3-19-12(17)9-10-13(14(18)20-4-2)15-11-7-5-6-8-16(10)11/h5-8H,3-4,9H2,1-2H3. The van der Waals surface area contributed by atoms with Gasteiger partial charge in [-0.05, 0) is 26.0 Å². The molecule has 0 saturated carbocycles. The Morgan fingerprint density at radius 2 is 1.95 bits per heavy atom. The highest BCUT2D eigenvalue weighted by molar-refractivity contribution is 5.91. The van der Waals surface area contributed by atoms with Crippen molar-refractivity contribution in [2.75, 3.05) is 13.2 Å². The van der Waals surface area contributed by atoms with E-state index in [4.69, 9.17) is 9.47 Å². The lowest BCUT2D eigenvalue weighted by Gasteiger charge is -2.04. The number of hydrogen-bond donors (Lipinski definition) is 0. The molecule has 0 unspecified atom stereocenters. The van der Waals surface area contributed by atoms with Gasteiger partial charge in [-0.1, -0.05) is 6.07 Å². The van der Waals surface area contributed by atoms with E-state index in [1.165, 1.54) is 0 Å². The molecule has 6 nitrogen and oxygen atoms in total. The molecular weight excluding hydrogens is 260 g/mol. The van der Waals surface area contributed by atoms with Gasteiger partial charge < -0.3 is 13.9 Å². The predicted molar refractivity (Wildman–Crippen MR) is 71.5 cm³/mol. The third-order valence-corrected chi connectivity index (χ3v) is 2.71. The van der Waals surface area contributed by atoms with Crippen molar-refractivity contribution in [3.63, 3.8) is 0 Å². The van der Waals surface area contributed by atoms with Crippen LogP contribution in [-0.2, 0) is 20.7 Å². The largest absolute Gasteiger partial charge is 0.466 e. The minimum absolute atomic E-state index is 0.0207. The zero-order valence-electron chi connectivity index (χ0n) is 11.5. The maximum Gasteiger partial charge on any atom is 0.358 e. The molecule has 0 spiro atoms. The summed E-state index contributed by atoms with van der Waals surface area (Å²) in [5, 5.41) is 0. The first-order valence-electron chi connectivity index (χ1n) is 6.46. The summed E-state index contributed by atoms with van der Waals surface area (Å²) < 4.78 is 11.6. The van der Waals surface area contributed by atoms with E-state index in [9.17, 15) is 9.59 Å². The van der Waals surface area contributed by atoms with Crippen molar-refractivity contribution in [2.45, 2.75) is 20.3 Å². The first kappa shape index (κ1) is 14.0. The smallest absolute Gasteiger partial charge is 0.358 e. The van der Waals surface area contributed by atoms with Crippen molar-refractivity contribution >= 4 is 17.6 Å². The molecule has 0 saturated heterocycles. The second-order valence-electron chi connectivity index (χ2n) is 4.04. The molecule has 0 aliphatic rings. The van der Waals surface area contributed by atoms with Crippen molar-refractivity contribution in [3.05, 3.63) is 35.8 Å². The molecule has 0 aliphatic heterocycles. The van der Waals surface area contributed by atoms with Gasteiger partial charge >= 0.3 is 11.9 Å². The monoisotopic (exact) mass is 276 g/mol. The number of ether oxygens (including phenoxy) is 2. The van der Waals surface area contributed by atoms with Crippen molar-refractivity contribution in [2.24, 2.45) is 0 Å². The van der Waals surface area contributed by atoms with Crippen LogP contribution in [-0.4, -0.2) is 34.5 Å². The lowest BCUT2D eigenvalue weighted by Crippen LogP contribution is -2.14. The summed E-state index contributed by atoms with van der Waals surface area (Å²) in [7, 11) is 0. The summed E-state index contributed by atoms with van der Waals surface area (Å²) in [6.45, 7) is 4.01. The van der Waals surface area contributed by atoms with E-state index in [0.717, 1.165) is 0 Å². The van der Waals surface area contributed by atoms with Gasteiger partial charge in [0.1, 0.15) is 5.65 Å². The molecule has 2 aromatic rings. The Hall–Kier alpha value is -2.37. The highest BCUT2D eigenvalue weighted by Gasteiger charge is 2.22. The molecule has 2 aromatic heterocycles. The van der Waals surface area contributed by atoms with E-state index in [1.807, 2.05) is 6.07 Å². The van der Waals surface area contributed by atoms with Gasteiger partial charge in [0.15, 0.2) is 5.69 Å². The Balaban J connectivity index is 2.44. The minimum atomic E-state index is -0.532. The SMILES string of the molecule is CCOC(=O)Cc1c(C(=O)OCC)nc2ccccn12. The molecule has 0 amide bonds. The average molecular weight is 276 g/mol. The number of esters is 2. The van der Waals surface area contributed by atoms with Gasteiger partial charge in [0, 0.05) is 6.20 Å². The van der Waals surface area contributed by atoms with Crippen molar-refractivity contribution in [1.82, 2.24) is 9.38 Å². The molecule has 2 rings (SSSR count). The molecule has 0 aromatic carbocycles. The molecule has 0 fully saturated rings. The zero-order chi connectivity index (χ0) is 14.5. The van der Waals surface area contributed by atoms with Gasteiger partial charge in [0.2, 0.25) is 0 Å². The first-order chi connectivity index (χ1) is 9.67. The minimum Gasteiger partial charge on any atom is -0.466 e. The van der Waals surface area contributed by atoms with Gasteiger partial charge in [-0.3, -0.25) is 4.79 Å². The maximum atomic E-state index is 11.9. The van der Waals surface area contributed by atoms with Crippen LogP contribution in [0, 0.1) is 0 Å². The third kappa shape index (κ3) is 2.79. The molecule has 20 heavy (non-hydrogen) atoms. The Morgan fingerprint density at radius 1 is 1.20 bits per heavy atom. The third-order valence-electron chi connectivity index (χ3n) is 2.71. The van der Waals surface area contributed by atoms with Crippen molar-refractivity contribution < 1.29 is 19.1 Å². The van der Waals surface area contributed by atoms with E-state index >= 15 is 0 Å². The molecular formula is C14H16N2O4. The summed E-state index contributed by atoms with van der Waals surface area (Å²) in [5.74, 6) is -0.931. The van der Waals surface area contributed by atoms with E-state index in [1.54, 1.807) is 36.6 Å². The number of fused-ring (bicyclic) bond motifs is 1. The van der Waals surface area contributed by atoms with Gasteiger partial charge in [-0.25, -0.2) is 9.78 Å². The lowest BCUT2D eigenvalue weighted by molar-refractivity contribution is -0.142. The molecule has 0 radical (unpaired) electrons. The molecule has 106 valence electrons. The number of rotatable bonds is 5. The Bertz CT molecular complexity index is 633. The average Bonchev–Trinajstić information content (AvgIpc) is 2.78. The molecule has 0 aliphatic carbocycles. The lowest BCUT2D eigenvalue weighted by atomic mass is 10.2. The van der Waals surface area contributed by atoms with Crippen LogP contribution in [0.4, 0.5) is 0 Å². The summed E-state index contributed by atoms with van der Waals surface area (Å²) in [4.78, 5) is 27.8. The predicted octanol–water partition coefficient (Wildman–Crippen LogP) is 1.62. The number of pyridine rings is 1. The topological polar surface area (TPSA) is 69.9 Å². The van der Waals surface area contributed by atoms with Crippen LogP contribution in [0.1, 0.15) is 30.0 Å². The number of carbonyl (C=O) groups is 2. The highest BCUT2D eigenvalue weighted by atomic mass is 16.5. The Labute approximate surface area is 116 Å². The molecule has 2 heterocycles. The zero-order valence-corrected chi connectivity index (χ0v) is 11.5. The van der Waals surface area contributed by atoms with E-state index in [0.29, 0.717) is 17.9 Å². The number of imidazole rings is 1. The fourth-order valence-corrected chi connectivity index (χ4v) is 1.93.